The molecule has 1 heterocycles. The fourth-order valence-electron chi connectivity index (χ4n) is 2.75. The van der Waals surface area contributed by atoms with Crippen molar-refractivity contribution in [3.8, 4) is 0 Å². The molecule has 7 heteroatoms. The predicted molar refractivity (Wildman–Crippen MR) is 88.8 cm³/mol. The number of carbonyl (C=O) groups is 2. The van der Waals surface area contributed by atoms with Crippen molar-refractivity contribution >= 4 is 23.2 Å². The second-order valence-electron chi connectivity index (χ2n) is 6.00. The van der Waals surface area contributed by atoms with Gasteiger partial charge in [-0.2, -0.15) is 0 Å². The molecule has 1 aromatic carbocycles. The predicted octanol–water partition coefficient (Wildman–Crippen LogP) is 3.13. The van der Waals surface area contributed by atoms with Gasteiger partial charge < -0.3 is 15.5 Å². The molecule has 1 aliphatic rings. The van der Waals surface area contributed by atoms with Gasteiger partial charge in [-0.3, -0.25) is 9.59 Å². The van der Waals surface area contributed by atoms with E-state index in [2.05, 4.69) is 10.6 Å². The van der Waals surface area contributed by atoms with Crippen LogP contribution in [0.5, 0.6) is 0 Å². The lowest BCUT2D eigenvalue weighted by molar-refractivity contribution is -0.129. The van der Waals surface area contributed by atoms with Crippen LogP contribution in [0.1, 0.15) is 39.0 Å². The van der Waals surface area contributed by atoms with Gasteiger partial charge in [0.15, 0.2) is 0 Å². The first-order valence-corrected chi connectivity index (χ1v) is 8.25. The molecule has 5 nitrogen and oxygen atoms in total. The van der Waals surface area contributed by atoms with E-state index in [1.54, 1.807) is 4.90 Å². The molecule has 1 aliphatic heterocycles. The summed E-state index contributed by atoms with van der Waals surface area (Å²) in [4.78, 5) is 25.1. The smallest absolute Gasteiger partial charge is 0.241 e. The number of benzene rings is 1. The van der Waals surface area contributed by atoms with Gasteiger partial charge in [0.1, 0.15) is 11.6 Å². The van der Waals surface area contributed by atoms with E-state index in [1.165, 1.54) is 13.3 Å². The largest absolute Gasteiger partial charge is 0.374 e. The molecule has 1 fully saturated rings. The molecule has 1 saturated heterocycles. The van der Waals surface area contributed by atoms with Gasteiger partial charge in [0, 0.05) is 26.1 Å². The molecular weight excluding hydrogens is 316 g/mol. The maximum absolute atomic E-state index is 13.8. The van der Waals surface area contributed by atoms with E-state index >= 15 is 0 Å². The molecule has 2 rings (SSSR count). The Kier molecular flexibility index (Phi) is 6.52. The molecule has 132 valence electrons. The van der Waals surface area contributed by atoms with Gasteiger partial charge in [-0.15, -0.1) is 0 Å². The number of likely N-dealkylation sites (tertiary alicyclic amines) is 1. The fourth-order valence-corrected chi connectivity index (χ4v) is 2.75. The van der Waals surface area contributed by atoms with Crippen LogP contribution in [-0.2, 0) is 9.59 Å². The van der Waals surface area contributed by atoms with Crippen LogP contribution in [-0.4, -0.2) is 36.3 Å². The Morgan fingerprint density at radius 2 is 1.58 bits per heavy atom. The summed E-state index contributed by atoms with van der Waals surface area (Å²) < 4.78 is 27.4. The molecule has 0 aliphatic carbocycles. The highest BCUT2D eigenvalue weighted by atomic mass is 19.1. The van der Waals surface area contributed by atoms with E-state index < -0.39 is 17.5 Å². The van der Waals surface area contributed by atoms with E-state index in [0.717, 1.165) is 31.7 Å². The molecule has 0 aromatic heterocycles. The average Bonchev–Trinajstić information content (AvgIpc) is 2.47. The van der Waals surface area contributed by atoms with E-state index in [-0.39, 0.29) is 23.8 Å². The number of anilines is 2. The minimum absolute atomic E-state index is 0.0134. The Bertz CT molecular complexity index is 600. The number of hydrogen-bond donors (Lipinski definition) is 2. The fraction of sp³-hybridized carbons (Fsp3) is 0.529. The van der Waals surface area contributed by atoms with Crippen molar-refractivity contribution in [2.45, 2.75) is 39.0 Å². The lowest BCUT2D eigenvalue weighted by Crippen LogP contribution is -2.37. The lowest BCUT2D eigenvalue weighted by Gasteiger charge is -2.25. The number of nitrogens with one attached hydrogen (secondary N) is 2. The van der Waals surface area contributed by atoms with E-state index in [9.17, 15) is 18.4 Å². The third-order valence-corrected chi connectivity index (χ3v) is 4.01. The number of amides is 2. The Hall–Kier alpha value is -2.18. The monoisotopic (exact) mass is 339 g/mol. The van der Waals surface area contributed by atoms with Crippen LogP contribution in [0.25, 0.3) is 0 Å². The van der Waals surface area contributed by atoms with Crippen LogP contribution in [0, 0.1) is 11.6 Å². The summed E-state index contributed by atoms with van der Waals surface area (Å²) in [6, 6.07) is 1.85. The van der Waals surface area contributed by atoms with E-state index in [0.29, 0.717) is 19.2 Å². The lowest BCUT2D eigenvalue weighted by atomic mass is 10.1. The first-order valence-electron chi connectivity index (χ1n) is 8.25. The minimum Gasteiger partial charge on any atom is -0.374 e. The van der Waals surface area contributed by atoms with E-state index in [1.807, 2.05) is 0 Å². The third kappa shape index (κ3) is 5.18. The van der Waals surface area contributed by atoms with Gasteiger partial charge in [0.25, 0.3) is 0 Å². The zero-order valence-electron chi connectivity index (χ0n) is 13.8. The summed E-state index contributed by atoms with van der Waals surface area (Å²) in [5.74, 6) is -2.23. The maximum atomic E-state index is 13.8. The van der Waals surface area contributed by atoms with Gasteiger partial charge in [0.2, 0.25) is 11.8 Å². The van der Waals surface area contributed by atoms with Gasteiger partial charge in [-0.05, 0) is 18.9 Å². The molecule has 0 unspecified atom stereocenters. The van der Waals surface area contributed by atoms with E-state index in [4.69, 9.17) is 0 Å². The van der Waals surface area contributed by atoms with Crippen LogP contribution in [0.4, 0.5) is 20.2 Å². The van der Waals surface area contributed by atoms with Crippen molar-refractivity contribution in [3.05, 3.63) is 23.8 Å². The van der Waals surface area contributed by atoms with Gasteiger partial charge in [0.05, 0.1) is 17.9 Å². The van der Waals surface area contributed by atoms with Crippen molar-refractivity contribution in [1.82, 2.24) is 4.90 Å². The van der Waals surface area contributed by atoms with Crippen LogP contribution in [0.15, 0.2) is 12.1 Å². The van der Waals surface area contributed by atoms with Crippen LogP contribution < -0.4 is 10.6 Å². The summed E-state index contributed by atoms with van der Waals surface area (Å²) in [5, 5.41) is 4.99. The summed E-state index contributed by atoms with van der Waals surface area (Å²) in [5.41, 5.74) is -0.134. The molecule has 2 amide bonds. The second kappa shape index (κ2) is 8.61. The molecule has 0 radical (unpaired) electrons. The maximum Gasteiger partial charge on any atom is 0.241 e. The minimum atomic E-state index is -0.858. The van der Waals surface area contributed by atoms with Crippen LogP contribution >= 0.6 is 0 Å². The molecular formula is C17H23F2N3O2. The average molecular weight is 339 g/mol. The molecule has 0 atom stereocenters. The SMILES string of the molecule is CC(=O)Nc1cc(NCC(=O)N2CCCCCCC2)c(F)cc1F. The molecule has 2 N–H and O–H groups in total. The molecule has 0 saturated carbocycles. The van der Waals surface area contributed by atoms with Crippen LogP contribution in [0.3, 0.4) is 0 Å². The number of nitrogens with zero attached hydrogens (tertiary/aromatic N) is 1. The van der Waals surface area contributed by atoms with Crippen molar-refractivity contribution in [3.63, 3.8) is 0 Å². The van der Waals surface area contributed by atoms with Gasteiger partial charge in [-0.1, -0.05) is 19.3 Å². The Morgan fingerprint density at radius 3 is 2.21 bits per heavy atom. The molecule has 24 heavy (non-hydrogen) atoms. The topological polar surface area (TPSA) is 61.4 Å². The van der Waals surface area contributed by atoms with Crippen LogP contribution in [0.2, 0.25) is 0 Å². The highest BCUT2D eigenvalue weighted by Crippen LogP contribution is 2.23. The normalized spacial score (nSPS) is 15.4. The number of halogens is 2. The van der Waals surface area contributed by atoms with Gasteiger partial charge in [-0.25, -0.2) is 8.78 Å². The molecule has 0 bridgehead atoms. The second-order valence-corrected chi connectivity index (χ2v) is 6.00. The highest BCUT2D eigenvalue weighted by Gasteiger charge is 2.16. The number of carbonyl (C=O) groups excluding carboxylic acids is 2. The first kappa shape index (κ1) is 18.2. The third-order valence-electron chi connectivity index (χ3n) is 4.01. The zero-order valence-corrected chi connectivity index (χ0v) is 13.8. The highest BCUT2D eigenvalue weighted by molar-refractivity contribution is 5.89. The molecule has 0 spiro atoms. The quantitative estimate of drug-likeness (QED) is 0.886. The number of rotatable bonds is 4. The van der Waals surface area contributed by atoms with Crippen molar-refractivity contribution < 1.29 is 18.4 Å². The zero-order chi connectivity index (χ0) is 17.5. The molecule has 1 aromatic rings. The Morgan fingerprint density at radius 1 is 1.00 bits per heavy atom. The summed E-state index contributed by atoms with van der Waals surface area (Å²) in [6.45, 7) is 2.59. The summed E-state index contributed by atoms with van der Waals surface area (Å²) in [7, 11) is 0. The summed E-state index contributed by atoms with van der Waals surface area (Å²) >= 11 is 0. The van der Waals surface area contributed by atoms with Crippen molar-refractivity contribution in [2.75, 3.05) is 30.3 Å². The Balaban J connectivity index is 1.99. The summed E-state index contributed by atoms with van der Waals surface area (Å²) in [6.07, 6.45) is 5.38. The Labute approximate surface area is 140 Å². The number of hydrogen-bond acceptors (Lipinski definition) is 3. The van der Waals surface area contributed by atoms with Crippen molar-refractivity contribution in [2.24, 2.45) is 0 Å². The van der Waals surface area contributed by atoms with Gasteiger partial charge >= 0.3 is 0 Å². The first-order chi connectivity index (χ1) is 11.5. The standard InChI is InChI=1S/C17H23F2N3O2/c1-12(23)21-16-10-15(13(18)9-14(16)19)20-11-17(24)22-7-5-3-2-4-6-8-22/h9-10,20H,2-8,11H2,1H3,(H,21,23). The van der Waals surface area contributed by atoms with Crippen molar-refractivity contribution in [1.29, 1.82) is 0 Å².